The molecule has 0 spiro atoms. The molecule has 2 rings (SSSR count). The molecule has 1 heterocycles. The van der Waals surface area contributed by atoms with Crippen LogP contribution in [0.15, 0.2) is 24.1 Å². The molecule has 4 heteroatoms. The van der Waals surface area contributed by atoms with Crippen molar-refractivity contribution in [2.75, 3.05) is 13.1 Å². The fraction of sp³-hybridized carbons (Fsp3) is 0.444. The number of likely N-dealkylation sites (tertiary alicyclic amines) is 1. The second-order valence-corrected chi connectivity index (χ2v) is 3.42. The Balaban J connectivity index is 2.16. The number of hydrogen-bond acceptors (Lipinski definition) is 1. The van der Waals surface area contributed by atoms with E-state index in [0.717, 1.165) is 0 Å². The van der Waals surface area contributed by atoms with E-state index in [0.29, 0.717) is 13.1 Å². The zero-order valence-electron chi connectivity index (χ0n) is 7.03. The van der Waals surface area contributed by atoms with Crippen LogP contribution in [0.4, 0.5) is 9.18 Å². The summed E-state index contributed by atoms with van der Waals surface area (Å²) in [6.07, 6.45) is 4.29. The summed E-state index contributed by atoms with van der Waals surface area (Å²) >= 11 is 0. The number of nitrogens with zero attached hydrogens (tertiary/aromatic N) is 1. The molecule has 1 aliphatic heterocycles. The maximum absolute atomic E-state index is 13.2. The fourth-order valence-electron chi connectivity index (χ4n) is 1.90. The quantitative estimate of drug-likeness (QED) is 0.513. The van der Waals surface area contributed by atoms with Gasteiger partial charge in [-0.2, -0.15) is 0 Å². The highest BCUT2D eigenvalue weighted by atomic mass is 19.1. The Hall–Kier alpha value is -1.32. The second-order valence-electron chi connectivity index (χ2n) is 3.42. The van der Waals surface area contributed by atoms with Gasteiger partial charge in [0, 0.05) is 24.9 Å². The molecule has 2 atom stereocenters. The van der Waals surface area contributed by atoms with Crippen LogP contribution in [0.3, 0.4) is 0 Å². The average Bonchev–Trinajstić information content (AvgIpc) is 2.49. The Labute approximate surface area is 75.1 Å². The molecule has 70 valence electrons. The van der Waals surface area contributed by atoms with E-state index in [1.165, 1.54) is 11.0 Å². The molecule has 1 saturated heterocycles. The highest BCUT2D eigenvalue weighted by Crippen LogP contribution is 2.33. The van der Waals surface area contributed by atoms with E-state index in [2.05, 4.69) is 0 Å². The number of rotatable bonds is 0. The molecule has 1 fully saturated rings. The summed E-state index contributed by atoms with van der Waals surface area (Å²) in [4.78, 5) is 12.1. The number of carbonyl (C=O) groups excluding carboxylic acids is 1. The van der Waals surface area contributed by atoms with Crippen LogP contribution in [0.1, 0.15) is 0 Å². The predicted octanol–water partition coefficient (Wildman–Crippen LogP) is 0.802. The molecule has 0 aromatic carbocycles. The zero-order chi connectivity index (χ0) is 9.42. The van der Waals surface area contributed by atoms with Crippen molar-refractivity contribution >= 4 is 6.09 Å². The van der Waals surface area contributed by atoms with Gasteiger partial charge in [0.2, 0.25) is 0 Å². The fourth-order valence-corrected chi connectivity index (χ4v) is 1.90. The van der Waals surface area contributed by atoms with E-state index < -0.39 is 6.09 Å². The molecule has 2 aliphatic rings. The molecule has 0 aromatic rings. The first-order valence-corrected chi connectivity index (χ1v) is 4.23. The molecule has 1 amide bonds. The van der Waals surface area contributed by atoms with Crippen molar-refractivity contribution in [3.05, 3.63) is 24.1 Å². The topological polar surface area (TPSA) is 43.2 Å². The lowest BCUT2D eigenvalue weighted by molar-refractivity contribution is 0.154. The van der Waals surface area contributed by atoms with E-state index in [4.69, 9.17) is 5.11 Å². The SMILES string of the molecule is O=C([OH2+])N1CC2C=CC=C(F)C2C1. The third-order valence-corrected chi connectivity index (χ3v) is 2.62. The Morgan fingerprint density at radius 1 is 1.62 bits per heavy atom. The summed E-state index contributed by atoms with van der Waals surface area (Å²) in [6, 6.07) is 0. The van der Waals surface area contributed by atoms with Crippen molar-refractivity contribution in [2.45, 2.75) is 0 Å². The van der Waals surface area contributed by atoms with Crippen molar-refractivity contribution in [2.24, 2.45) is 11.8 Å². The van der Waals surface area contributed by atoms with Crippen LogP contribution in [0, 0.1) is 11.8 Å². The lowest BCUT2D eigenvalue weighted by Gasteiger charge is -2.14. The molecular weight excluding hydrogens is 173 g/mol. The van der Waals surface area contributed by atoms with Crippen molar-refractivity contribution in [3.63, 3.8) is 0 Å². The molecule has 2 unspecified atom stereocenters. The molecule has 13 heavy (non-hydrogen) atoms. The Morgan fingerprint density at radius 3 is 3.00 bits per heavy atom. The maximum Gasteiger partial charge on any atom is 0.629 e. The van der Waals surface area contributed by atoms with E-state index in [1.54, 1.807) is 6.08 Å². The van der Waals surface area contributed by atoms with Crippen molar-refractivity contribution in [1.82, 2.24) is 4.90 Å². The van der Waals surface area contributed by atoms with E-state index >= 15 is 0 Å². The number of hydrogen-bond donors (Lipinski definition) is 0. The van der Waals surface area contributed by atoms with Crippen LogP contribution in [-0.4, -0.2) is 29.2 Å². The summed E-state index contributed by atoms with van der Waals surface area (Å²) in [6.45, 7) is 0.824. The van der Waals surface area contributed by atoms with Gasteiger partial charge in [0.15, 0.2) is 0 Å². The Kier molecular flexibility index (Phi) is 1.83. The van der Waals surface area contributed by atoms with Gasteiger partial charge in [-0.05, 0) is 6.08 Å². The van der Waals surface area contributed by atoms with Gasteiger partial charge in [0.1, 0.15) is 5.83 Å². The van der Waals surface area contributed by atoms with E-state index in [9.17, 15) is 9.18 Å². The number of allylic oxidation sites excluding steroid dienone is 2. The minimum Gasteiger partial charge on any atom is -0.547 e. The van der Waals surface area contributed by atoms with Gasteiger partial charge in [-0.1, -0.05) is 12.2 Å². The molecule has 1 aliphatic carbocycles. The maximum atomic E-state index is 13.2. The zero-order valence-corrected chi connectivity index (χ0v) is 7.03. The Bertz CT molecular complexity index is 298. The number of halogens is 1. The smallest absolute Gasteiger partial charge is 0.547 e. The van der Waals surface area contributed by atoms with Gasteiger partial charge in [0.25, 0.3) is 0 Å². The molecule has 0 bridgehead atoms. The summed E-state index contributed by atoms with van der Waals surface area (Å²) in [5.41, 5.74) is 0. The van der Waals surface area contributed by atoms with Crippen molar-refractivity contribution in [3.8, 4) is 0 Å². The standard InChI is InChI=1S/C9H10FNO2/c10-8-3-1-2-6-4-11(9(12)13)5-7(6)8/h1-3,6-7H,4-5H2,(H,12,13)/p+1. The Morgan fingerprint density at radius 2 is 2.38 bits per heavy atom. The first kappa shape index (κ1) is 8.29. The van der Waals surface area contributed by atoms with Crippen LogP contribution in [-0.2, 0) is 0 Å². The molecule has 2 N–H and O–H groups in total. The number of fused-ring (bicyclic) bond motifs is 1. The largest absolute Gasteiger partial charge is 0.629 e. The third-order valence-electron chi connectivity index (χ3n) is 2.62. The highest BCUT2D eigenvalue weighted by molar-refractivity contribution is 5.65. The first-order valence-electron chi connectivity index (χ1n) is 4.23. The molecule has 0 radical (unpaired) electrons. The predicted molar refractivity (Wildman–Crippen MR) is 45.9 cm³/mol. The minimum absolute atomic E-state index is 0.0688. The normalized spacial score (nSPS) is 31.5. The molecule has 0 saturated carbocycles. The van der Waals surface area contributed by atoms with E-state index in [1.807, 2.05) is 6.08 Å². The average molecular weight is 184 g/mol. The van der Waals surface area contributed by atoms with Gasteiger partial charge in [-0.3, -0.25) is 4.90 Å². The van der Waals surface area contributed by atoms with Crippen LogP contribution in [0.2, 0.25) is 0 Å². The van der Waals surface area contributed by atoms with Gasteiger partial charge in [-0.25, -0.2) is 4.39 Å². The molecular formula is C9H11FNO2+. The van der Waals surface area contributed by atoms with Crippen molar-refractivity contribution in [1.29, 1.82) is 0 Å². The summed E-state index contributed by atoms with van der Waals surface area (Å²) < 4.78 is 13.2. The molecule has 3 nitrogen and oxygen atoms in total. The van der Waals surface area contributed by atoms with Crippen LogP contribution in [0.5, 0.6) is 0 Å². The van der Waals surface area contributed by atoms with Gasteiger partial charge in [-0.15, -0.1) is 0 Å². The first-order chi connectivity index (χ1) is 6.18. The second kappa shape index (κ2) is 2.87. The van der Waals surface area contributed by atoms with Gasteiger partial charge >= 0.3 is 6.09 Å². The van der Waals surface area contributed by atoms with Crippen LogP contribution in [0.25, 0.3) is 0 Å². The van der Waals surface area contributed by atoms with Crippen molar-refractivity contribution < 1.29 is 14.3 Å². The third kappa shape index (κ3) is 1.32. The van der Waals surface area contributed by atoms with E-state index in [-0.39, 0.29) is 17.7 Å². The highest BCUT2D eigenvalue weighted by Gasteiger charge is 2.39. The van der Waals surface area contributed by atoms with Gasteiger partial charge < -0.3 is 5.11 Å². The number of carbonyl (C=O) groups is 1. The number of amides is 1. The monoisotopic (exact) mass is 184 g/mol. The van der Waals surface area contributed by atoms with Crippen LogP contribution >= 0.6 is 0 Å². The lowest BCUT2D eigenvalue weighted by atomic mass is 9.91. The minimum atomic E-state index is -0.712. The van der Waals surface area contributed by atoms with Gasteiger partial charge in [0.05, 0.1) is 4.79 Å². The summed E-state index contributed by atoms with van der Waals surface area (Å²) in [5, 5.41) is 6.91. The summed E-state index contributed by atoms with van der Waals surface area (Å²) in [7, 11) is 0. The van der Waals surface area contributed by atoms with Crippen LogP contribution < -0.4 is 0 Å². The summed E-state index contributed by atoms with van der Waals surface area (Å²) in [5.74, 6) is -0.310. The molecule has 0 aromatic heterocycles. The lowest BCUT2D eigenvalue weighted by Crippen LogP contribution is -2.26.